The maximum atomic E-state index is 11.3. The van der Waals surface area contributed by atoms with Crippen LogP contribution in [0, 0.1) is 10.1 Å². The van der Waals surface area contributed by atoms with Crippen molar-refractivity contribution in [1.29, 1.82) is 0 Å². The summed E-state index contributed by atoms with van der Waals surface area (Å²) in [6.07, 6.45) is 3.73. The van der Waals surface area contributed by atoms with Gasteiger partial charge in [0.1, 0.15) is 11.4 Å². The number of fused-ring (bicyclic) bond motifs is 2. The second-order valence-corrected chi connectivity index (χ2v) is 8.34. The van der Waals surface area contributed by atoms with E-state index in [1.54, 1.807) is 25.4 Å². The van der Waals surface area contributed by atoms with E-state index in [1.165, 1.54) is 23.9 Å². The number of aromatic nitrogens is 4. The van der Waals surface area contributed by atoms with Crippen molar-refractivity contribution < 1.29 is 9.66 Å². The zero-order chi connectivity index (χ0) is 22.2. The molecule has 5 aromatic rings. The maximum absolute atomic E-state index is 11.3. The maximum Gasteiger partial charge on any atom is 0.271 e. The Balaban J connectivity index is 1.59. The molecule has 0 aliphatic heterocycles. The van der Waals surface area contributed by atoms with Crippen LogP contribution in [0.3, 0.4) is 0 Å². The number of nitro groups is 1. The van der Waals surface area contributed by atoms with Crippen molar-refractivity contribution in [3.05, 3.63) is 87.8 Å². The molecule has 8 nitrogen and oxygen atoms in total. The summed E-state index contributed by atoms with van der Waals surface area (Å²) in [6, 6.07) is 15.9. The molecule has 0 saturated carbocycles. The predicted octanol–water partition coefficient (Wildman–Crippen LogP) is 5.54. The molecular formula is C22H16ClN5O3S. The smallest absolute Gasteiger partial charge is 0.271 e. The molecule has 5 rings (SSSR count). The molecule has 10 heteroatoms. The Hall–Kier alpha value is -3.56. The van der Waals surface area contributed by atoms with Gasteiger partial charge in [0.15, 0.2) is 5.16 Å². The molecule has 0 N–H and O–H groups in total. The largest absolute Gasteiger partial charge is 0.495 e. The summed E-state index contributed by atoms with van der Waals surface area (Å²) in [5, 5.41) is 12.6. The third-order valence-electron chi connectivity index (χ3n) is 4.96. The SMILES string of the molecule is COc1ccccc1-n1c(SCc2cn3cc(Cl)ccc3n2)nc2cc([N+](=O)[O-])ccc21. The van der Waals surface area contributed by atoms with Gasteiger partial charge in [0.05, 0.1) is 39.5 Å². The highest BCUT2D eigenvalue weighted by atomic mass is 35.5. The predicted molar refractivity (Wildman–Crippen MR) is 124 cm³/mol. The number of benzene rings is 2. The molecule has 0 fully saturated rings. The molecule has 3 heterocycles. The summed E-state index contributed by atoms with van der Waals surface area (Å²) in [5.74, 6) is 1.23. The molecule has 0 unspecified atom stereocenters. The van der Waals surface area contributed by atoms with E-state index in [-0.39, 0.29) is 5.69 Å². The van der Waals surface area contributed by atoms with Gasteiger partial charge in [-0.3, -0.25) is 14.7 Å². The van der Waals surface area contributed by atoms with Crippen LogP contribution in [0.25, 0.3) is 22.4 Å². The summed E-state index contributed by atoms with van der Waals surface area (Å²) >= 11 is 7.56. The quantitative estimate of drug-likeness (QED) is 0.186. The van der Waals surface area contributed by atoms with Gasteiger partial charge in [-0.25, -0.2) is 9.97 Å². The van der Waals surface area contributed by atoms with Gasteiger partial charge in [-0.1, -0.05) is 35.5 Å². The number of imidazole rings is 2. The first-order chi connectivity index (χ1) is 15.5. The lowest BCUT2D eigenvalue weighted by molar-refractivity contribution is -0.384. The molecule has 0 bridgehead atoms. The zero-order valence-electron chi connectivity index (χ0n) is 16.8. The Kier molecular flexibility index (Phi) is 5.20. The third kappa shape index (κ3) is 3.65. The Morgan fingerprint density at radius 2 is 1.97 bits per heavy atom. The van der Waals surface area contributed by atoms with Crippen LogP contribution in [0.4, 0.5) is 5.69 Å². The number of para-hydroxylation sites is 2. The van der Waals surface area contributed by atoms with Crippen molar-refractivity contribution in [3.8, 4) is 11.4 Å². The molecular weight excluding hydrogens is 450 g/mol. The molecule has 0 aliphatic rings. The van der Waals surface area contributed by atoms with Crippen molar-refractivity contribution in [2.75, 3.05) is 7.11 Å². The lowest BCUT2D eigenvalue weighted by Crippen LogP contribution is -2.00. The lowest BCUT2D eigenvalue weighted by atomic mass is 10.2. The van der Waals surface area contributed by atoms with Gasteiger partial charge in [-0.15, -0.1) is 0 Å². The van der Waals surface area contributed by atoms with E-state index in [0.29, 0.717) is 27.2 Å². The van der Waals surface area contributed by atoms with Gasteiger partial charge in [0, 0.05) is 30.3 Å². The van der Waals surface area contributed by atoms with Crippen molar-refractivity contribution in [2.24, 2.45) is 0 Å². The molecule has 0 spiro atoms. The van der Waals surface area contributed by atoms with Crippen LogP contribution >= 0.6 is 23.4 Å². The first kappa shape index (κ1) is 20.3. The van der Waals surface area contributed by atoms with Crippen molar-refractivity contribution in [1.82, 2.24) is 18.9 Å². The van der Waals surface area contributed by atoms with Crippen molar-refractivity contribution in [3.63, 3.8) is 0 Å². The van der Waals surface area contributed by atoms with E-state index in [1.807, 2.05) is 45.5 Å². The number of methoxy groups -OCH3 is 1. The highest BCUT2D eigenvalue weighted by Crippen LogP contribution is 2.34. The number of pyridine rings is 1. The number of halogens is 1. The van der Waals surface area contributed by atoms with Gasteiger partial charge in [-0.05, 0) is 30.3 Å². The monoisotopic (exact) mass is 465 g/mol. The fraction of sp³-hybridized carbons (Fsp3) is 0.0909. The number of rotatable bonds is 6. The standard InChI is InChI=1S/C22H16ClN5O3S/c1-31-20-5-3-2-4-19(20)27-18-8-7-16(28(29)30)10-17(18)25-22(27)32-13-15-12-26-11-14(23)6-9-21(26)24-15/h2-12H,13H2,1H3. The molecule has 3 aromatic heterocycles. The second kappa shape index (κ2) is 8.18. The van der Waals surface area contributed by atoms with Crippen molar-refractivity contribution >= 4 is 45.7 Å². The summed E-state index contributed by atoms with van der Waals surface area (Å²) in [6.45, 7) is 0. The molecule has 0 amide bonds. The minimum Gasteiger partial charge on any atom is -0.495 e. The Morgan fingerprint density at radius 3 is 2.78 bits per heavy atom. The number of hydrogen-bond acceptors (Lipinski definition) is 6. The highest BCUT2D eigenvalue weighted by Gasteiger charge is 2.19. The molecule has 32 heavy (non-hydrogen) atoms. The van der Waals surface area contributed by atoms with Gasteiger partial charge in [-0.2, -0.15) is 0 Å². The van der Waals surface area contributed by atoms with E-state index >= 15 is 0 Å². The van der Waals surface area contributed by atoms with Gasteiger partial charge in [0.2, 0.25) is 0 Å². The fourth-order valence-electron chi connectivity index (χ4n) is 3.53. The number of nitrogens with zero attached hydrogens (tertiary/aromatic N) is 5. The minimum atomic E-state index is -0.420. The molecule has 2 aromatic carbocycles. The fourth-order valence-corrected chi connectivity index (χ4v) is 4.60. The van der Waals surface area contributed by atoms with Crippen molar-refractivity contribution in [2.45, 2.75) is 10.9 Å². The average Bonchev–Trinajstić information content (AvgIpc) is 3.37. The van der Waals surface area contributed by atoms with Crippen LogP contribution in [-0.2, 0) is 5.75 Å². The summed E-state index contributed by atoms with van der Waals surface area (Å²) in [5.41, 5.74) is 3.76. The molecule has 0 atom stereocenters. The minimum absolute atomic E-state index is 0.00374. The molecule has 0 aliphatic carbocycles. The van der Waals surface area contributed by atoms with Crippen LogP contribution in [0.2, 0.25) is 5.02 Å². The normalized spacial score (nSPS) is 11.3. The third-order valence-corrected chi connectivity index (χ3v) is 6.15. The van der Waals surface area contributed by atoms with Crippen LogP contribution < -0.4 is 4.74 Å². The van der Waals surface area contributed by atoms with E-state index in [2.05, 4.69) is 4.98 Å². The lowest BCUT2D eigenvalue weighted by Gasteiger charge is -2.12. The number of thioether (sulfide) groups is 1. The summed E-state index contributed by atoms with van der Waals surface area (Å²) in [7, 11) is 1.61. The van der Waals surface area contributed by atoms with E-state index in [0.717, 1.165) is 22.5 Å². The van der Waals surface area contributed by atoms with Crippen LogP contribution in [0.15, 0.2) is 72.1 Å². The van der Waals surface area contributed by atoms with Gasteiger partial charge in [0.25, 0.3) is 5.69 Å². The van der Waals surface area contributed by atoms with E-state index < -0.39 is 4.92 Å². The summed E-state index contributed by atoms with van der Waals surface area (Å²) in [4.78, 5) is 20.2. The van der Waals surface area contributed by atoms with Crippen LogP contribution in [0.1, 0.15) is 5.69 Å². The van der Waals surface area contributed by atoms with E-state index in [4.69, 9.17) is 21.3 Å². The van der Waals surface area contributed by atoms with Gasteiger partial charge >= 0.3 is 0 Å². The number of hydrogen-bond donors (Lipinski definition) is 0. The second-order valence-electron chi connectivity index (χ2n) is 6.97. The topological polar surface area (TPSA) is 87.5 Å². The van der Waals surface area contributed by atoms with Crippen LogP contribution in [-0.4, -0.2) is 31.0 Å². The molecule has 0 saturated heterocycles. The first-order valence-corrected chi connectivity index (χ1v) is 11.0. The molecule has 0 radical (unpaired) electrons. The highest BCUT2D eigenvalue weighted by molar-refractivity contribution is 7.98. The zero-order valence-corrected chi connectivity index (χ0v) is 18.4. The molecule has 160 valence electrons. The number of ether oxygens (including phenoxy) is 1. The van der Waals surface area contributed by atoms with Gasteiger partial charge < -0.3 is 9.14 Å². The van der Waals surface area contributed by atoms with E-state index in [9.17, 15) is 10.1 Å². The Morgan fingerprint density at radius 1 is 1.12 bits per heavy atom. The average molecular weight is 466 g/mol. The Bertz CT molecular complexity index is 1480. The first-order valence-electron chi connectivity index (χ1n) is 9.60. The summed E-state index contributed by atoms with van der Waals surface area (Å²) < 4.78 is 9.39. The number of nitro benzene ring substituents is 1. The Labute approximate surface area is 191 Å². The number of non-ortho nitro benzene ring substituents is 1. The van der Waals surface area contributed by atoms with Crippen LogP contribution in [0.5, 0.6) is 5.75 Å².